The predicted molar refractivity (Wildman–Crippen MR) is 113 cm³/mol. The first kappa shape index (κ1) is 18.5. The molecule has 0 bridgehead atoms. The number of ether oxygens (including phenoxy) is 1. The van der Waals surface area contributed by atoms with Gasteiger partial charge in [0.05, 0.1) is 18.1 Å². The predicted octanol–water partition coefficient (Wildman–Crippen LogP) is 4.73. The van der Waals surface area contributed by atoms with Crippen molar-refractivity contribution in [1.82, 2.24) is 9.97 Å². The van der Waals surface area contributed by atoms with Gasteiger partial charge >= 0.3 is 5.97 Å². The van der Waals surface area contributed by atoms with Gasteiger partial charge in [-0.1, -0.05) is 54.2 Å². The molecule has 0 aliphatic carbocycles. The molecule has 0 saturated heterocycles. The smallest absolute Gasteiger partial charge is 0.337 e. The average molecular weight is 409 g/mol. The van der Waals surface area contributed by atoms with Crippen molar-refractivity contribution in [2.75, 3.05) is 7.11 Å². The third-order valence-corrected chi connectivity index (χ3v) is 6.05. The molecule has 0 unspecified atom stereocenters. The molecule has 7 heteroatoms. The van der Waals surface area contributed by atoms with Crippen molar-refractivity contribution in [3.05, 3.63) is 81.5 Å². The van der Waals surface area contributed by atoms with Gasteiger partial charge in [0.1, 0.15) is 4.83 Å². The zero-order valence-electron chi connectivity index (χ0n) is 15.0. The van der Waals surface area contributed by atoms with Gasteiger partial charge < -0.3 is 9.72 Å². The largest absolute Gasteiger partial charge is 0.465 e. The van der Waals surface area contributed by atoms with E-state index in [4.69, 9.17) is 4.74 Å². The van der Waals surface area contributed by atoms with E-state index >= 15 is 0 Å². The Labute approximate surface area is 169 Å². The summed E-state index contributed by atoms with van der Waals surface area (Å²) in [5.74, 6) is 0.211. The fourth-order valence-electron chi connectivity index (χ4n) is 2.89. The first-order chi connectivity index (χ1) is 13.7. The molecule has 2 aromatic heterocycles. The lowest BCUT2D eigenvalue weighted by Gasteiger charge is -2.04. The number of aromatic amines is 1. The maximum atomic E-state index is 12.7. The lowest BCUT2D eigenvalue weighted by molar-refractivity contribution is 0.0600. The molecule has 2 aromatic carbocycles. The molecule has 0 amide bonds. The van der Waals surface area contributed by atoms with Crippen molar-refractivity contribution in [2.24, 2.45) is 0 Å². The standard InChI is InChI=1S/C21H16N2O3S2/c1-26-20(25)15-9-5-6-13(10-15)11-28-21-22-18(24)17-16(12-27-19(17)23-21)14-7-3-2-4-8-14/h2-10,12H,11H2,1H3,(H,22,23,24). The third kappa shape index (κ3) is 3.72. The minimum absolute atomic E-state index is 0.143. The Morgan fingerprint density at radius 3 is 2.79 bits per heavy atom. The van der Waals surface area contributed by atoms with Crippen LogP contribution in [0.4, 0.5) is 0 Å². The molecule has 0 atom stereocenters. The molecular weight excluding hydrogens is 392 g/mol. The summed E-state index contributed by atoms with van der Waals surface area (Å²) < 4.78 is 4.75. The van der Waals surface area contributed by atoms with Gasteiger partial charge in [0.15, 0.2) is 5.16 Å². The summed E-state index contributed by atoms with van der Waals surface area (Å²) in [4.78, 5) is 32.5. The molecule has 0 aliphatic rings. The van der Waals surface area contributed by atoms with Crippen molar-refractivity contribution >= 4 is 39.3 Å². The zero-order chi connectivity index (χ0) is 19.5. The first-order valence-electron chi connectivity index (χ1n) is 8.52. The molecule has 0 radical (unpaired) electrons. The van der Waals surface area contributed by atoms with Crippen LogP contribution < -0.4 is 5.56 Å². The molecule has 140 valence electrons. The number of nitrogens with zero attached hydrogens (tertiary/aromatic N) is 1. The number of carbonyl (C=O) groups is 1. The zero-order valence-corrected chi connectivity index (χ0v) is 16.6. The van der Waals surface area contributed by atoms with Crippen molar-refractivity contribution in [3.8, 4) is 11.1 Å². The van der Waals surface area contributed by atoms with E-state index in [0.29, 0.717) is 26.7 Å². The van der Waals surface area contributed by atoms with Gasteiger partial charge in [-0.2, -0.15) is 0 Å². The van der Waals surface area contributed by atoms with Gasteiger partial charge in [0.2, 0.25) is 0 Å². The van der Waals surface area contributed by atoms with Crippen LogP contribution in [-0.2, 0) is 10.5 Å². The Bertz CT molecular complexity index is 1200. The topological polar surface area (TPSA) is 72.0 Å². The lowest BCUT2D eigenvalue weighted by atomic mass is 10.1. The highest BCUT2D eigenvalue weighted by Gasteiger charge is 2.13. The SMILES string of the molecule is COC(=O)c1cccc(CSc2nc3scc(-c4ccccc4)c3c(=O)[nH]2)c1. The number of hydrogen-bond donors (Lipinski definition) is 1. The molecule has 0 fully saturated rings. The van der Waals surface area contributed by atoms with E-state index in [9.17, 15) is 9.59 Å². The van der Waals surface area contributed by atoms with Crippen molar-refractivity contribution in [3.63, 3.8) is 0 Å². The number of carbonyl (C=O) groups excluding carboxylic acids is 1. The Morgan fingerprint density at radius 2 is 2.00 bits per heavy atom. The summed E-state index contributed by atoms with van der Waals surface area (Å²) >= 11 is 2.89. The number of H-pyrrole nitrogens is 1. The number of benzene rings is 2. The van der Waals surface area contributed by atoms with Gasteiger partial charge in [0.25, 0.3) is 5.56 Å². The molecule has 1 N–H and O–H groups in total. The van der Waals surface area contributed by atoms with E-state index < -0.39 is 0 Å². The van der Waals surface area contributed by atoms with Gasteiger partial charge in [-0.3, -0.25) is 4.79 Å². The molecule has 4 aromatic rings. The number of rotatable bonds is 5. The summed E-state index contributed by atoms with van der Waals surface area (Å²) in [6.07, 6.45) is 0. The lowest BCUT2D eigenvalue weighted by Crippen LogP contribution is -2.08. The van der Waals surface area contributed by atoms with Gasteiger partial charge in [-0.25, -0.2) is 9.78 Å². The van der Waals surface area contributed by atoms with E-state index in [1.54, 1.807) is 12.1 Å². The molecule has 2 heterocycles. The van der Waals surface area contributed by atoms with Crippen LogP contribution in [0.3, 0.4) is 0 Å². The number of thiophene rings is 1. The maximum Gasteiger partial charge on any atom is 0.337 e. The highest BCUT2D eigenvalue weighted by molar-refractivity contribution is 7.98. The van der Waals surface area contributed by atoms with Crippen LogP contribution in [-0.4, -0.2) is 23.0 Å². The van der Waals surface area contributed by atoms with Crippen molar-refractivity contribution in [1.29, 1.82) is 0 Å². The molecular formula is C21H16N2O3S2. The average Bonchev–Trinajstić information content (AvgIpc) is 3.17. The minimum atomic E-state index is -0.369. The van der Waals surface area contributed by atoms with Crippen molar-refractivity contribution in [2.45, 2.75) is 10.9 Å². The second-order valence-corrected chi connectivity index (χ2v) is 7.87. The molecule has 0 spiro atoms. The van der Waals surface area contributed by atoms with Crippen LogP contribution in [0.1, 0.15) is 15.9 Å². The van der Waals surface area contributed by atoms with Crippen LogP contribution in [0, 0.1) is 0 Å². The Hall–Kier alpha value is -2.90. The van der Waals surface area contributed by atoms with Crippen molar-refractivity contribution < 1.29 is 9.53 Å². The number of aromatic nitrogens is 2. The number of methoxy groups -OCH3 is 1. The summed E-state index contributed by atoms with van der Waals surface area (Å²) in [5.41, 5.74) is 3.21. The number of nitrogens with one attached hydrogen (secondary N) is 1. The van der Waals surface area contributed by atoms with E-state index in [-0.39, 0.29) is 11.5 Å². The molecule has 5 nitrogen and oxygen atoms in total. The van der Waals surface area contributed by atoms with E-state index in [1.165, 1.54) is 30.2 Å². The number of hydrogen-bond acceptors (Lipinski definition) is 6. The second-order valence-electron chi connectivity index (χ2n) is 6.05. The third-order valence-electron chi connectivity index (χ3n) is 4.23. The van der Waals surface area contributed by atoms with Crippen LogP contribution in [0.5, 0.6) is 0 Å². The Kier molecular flexibility index (Phi) is 5.27. The van der Waals surface area contributed by atoms with Crippen LogP contribution in [0.25, 0.3) is 21.3 Å². The quantitative estimate of drug-likeness (QED) is 0.294. The molecule has 4 rings (SSSR count). The normalized spacial score (nSPS) is 10.9. The highest BCUT2D eigenvalue weighted by atomic mass is 32.2. The van der Waals surface area contributed by atoms with Crippen LogP contribution in [0.2, 0.25) is 0 Å². The van der Waals surface area contributed by atoms with E-state index in [2.05, 4.69) is 9.97 Å². The fraction of sp³-hybridized carbons (Fsp3) is 0.0952. The van der Waals surface area contributed by atoms with E-state index in [1.807, 2.05) is 47.8 Å². The number of esters is 1. The summed E-state index contributed by atoms with van der Waals surface area (Å²) in [7, 11) is 1.36. The maximum absolute atomic E-state index is 12.7. The van der Waals surface area contributed by atoms with Crippen LogP contribution >= 0.6 is 23.1 Å². The molecule has 28 heavy (non-hydrogen) atoms. The molecule has 0 aliphatic heterocycles. The first-order valence-corrected chi connectivity index (χ1v) is 10.4. The van der Waals surface area contributed by atoms with Gasteiger partial charge in [-0.15, -0.1) is 11.3 Å². The summed E-state index contributed by atoms with van der Waals surface area (Å²) in [6.45, 7) is 0. The number of thioether (sulfide) groups is 1. The fourth-order valence-corrected chi connectivity index (χ4v) is 4.69. The second kappa shape index (κ2) is 8.00. The minimum Gasteiger partial charge on any atom is -0.465 e. The molecule has 0 saturated carbocycles. The Balaban J connectivity index is 1.59. The van der Waals surface area contributed by atoms with Gasteiger partial charge in [0, 0.05) is 16.7 Å². The van der Waals surface area contributed by atoms with E-state index in [0.717, 1.165) is 16.7 Å². The van der Waals surface area contributed by atoms with Crippen LogP contribution in [0.15, 0.2) is 69.9 Å². The summed E-state index contributed by atoms with van der Waals surface area (Å²) in [5, 5.41) is 3.15. The highest BCUT2D eigenvalue weighted by Crippen LogP contribution is 2.31. The Morgan fingerprint density at radius 1 is 1.18 bits per heavy atom. The van der Waals surface area contributed by atoms with Gasteiger partial charge in [-0.05, 0) is 23.3 Å². The monoisotopic (exact) mass is 408 g/mol. The number of fused-ring (bicyclic) bond motifs is 1. The summed E-state index contributed by atoms with van der Waals surface area (Å²) in [6, 6.07) is 17.1.